The number of para-hydroxylation sites is 1. The number of anilines is 2. The number of hydrogen-bond donors (Lipinski definition) is 2. The average molecular weight is 491 g/mol. The summed E-state index contributed by atoms with van der Waals surface area (Å²) >= 11 is 0. The molecule has 1 aliphatic heterocycles. The van der Waals surface area contributed by atoms with Crippen molar-refractivity contribution >= 4 is 28.5 Å². The minimum Gasteiger partial charge on any atom is -0.456 e. The Labute approximate surface area is 213 Å². The van der Waals surface area contributed by atoms with Gasteiger partial charge in [0.25, 0.3) is 5.56 Å². The van der Waals surface area contributed by atoms with E-state index in [0.717, 1.165) is 37.1 Å². The second-order valence-corrected chi connectivity index (χ2v) is 11.7. The van der Waals surface area contributed by atoms with Crippen molar-refractivity contribution in [2.45, 2.75) is 73.0 Å². The lowest BCUT2D eigenvalue weighted by Crippen LogP contribution is -2.39. The highest BCUT2D eigenvalue weighted by Gasteiger charge is 2.27. The standard InChI is InChI=1S/C29H38N4O3/c1-18-16-21(19(2)30-23-11-9-8-10-20(23)26(35)36-28(3,4)5)24-22(17-18)25(34)32-27(31-24)33-14-12-29(6,7)13-15-33/h8-11,16-17,19,30H,12-15H2,1-7H3,(H,31,32,34). The maximum atomic E-state index is 13.1. The molecule has 2 heterocycles. The van der Waals surface area contributed by atoms with Gasteiger partial charge in [0.2, 0.25) is 5.95 Å². The quantitative estimate of drug-likeness (QED) is 0.428. The van der Waals surface area contributed by atoms with Gasteiger partial charge in [0.05, 0.1) is 22.5 Å². The molecule has 0 aliphatic carbocycles. The zero-order chi connectivity index (χ0) is 26.3. The van der Waals surface area contributed by atoms with Gasteiger partial charge in [0.1, 0.15) is 5.60 Å². The fourth-order valence-electron chi connectivity index (χ4n) is 4.64. The third kappa shape index (κ3) is 5.72. The highest BCUT2D eigenvalue weighted by Crippen LogP contribution is 2.32. The molecule has 0 amide bonds. The number of esters is 1. The number of ether oxygens (including phenoxy) is 1. The lowest BCUT2D eigenvalue weighted by molar-refractivity contribution is 0.00706. The number of benzene rings is 2. The molecule has 2 aromatic carbocycles. The molecule has 1 fully saturated rings. The summed E-state index contributed by atoms with van der Waals surface area (Å²) in [6.07, 6.45) is 2.10. The minimum absolute atomic E-state index is 0.133. The second kappa shape index (κ2) is 9.60. The summed E-state index contributed by atoms with van der Waals surface area (Å²) in [5, 5.41) is 4.04. The SMILES string of the molecule is Cc1cc(C(C)Nc2ccccc2C(=O)OC(C)(C)C)c2nc(N3CCC(C)(C)CC3)[nH]c(=O)c2c1. The number of H-pyrrole nitrogens is 1. The van der Waals surface area contributed by atoms with Crippen molar-refractivity contribution < 1.29 is 9.53 Å². The van der Waals surface area contributed by atoms with Gasteiger partial charge in [-0.15, -0.1) is 0 Å². The van der Waals surface area contributed by atoms with Gasteiger partial charge in [-0.2, -0.15) is 0 Å². The van der Waals surface area contributed by atoms with Crippen molar-refractivity contribution in [3.8, 4) is 0 Å². The number of aromatic amines is 1. The first-order valence-electron chi connectivity index (χ1n) is 12.7. The molecule has 7 heteroatoms. The molecule has 192 valence electrons. The first kappa shape index (κ1) is 25.7. The van der Waals surface area contributed by atoms with E-state index in [1.165, 1.54) is 0 Å². The summed E-state index contributed by atoms with van der Waals surface area (Å²) in [7, 11) is 0. The summed E-state index contributed by atoms with van der Waals surface area (Å²) in [6.45, 7) is 15.8. The summed E-state index contributed by atoms with van der Waals surface area (Å²) in [5.74, 6) is 0.242. The predicted molar refractivity (Wildman–Crippen MR) is 146 cm³/mol. The van der Waals surface area contributed by atoms with Crippen LogP contribution in [-0.2, 0) is 4.74 Å². The lowest BCUT2D eigenvalue weighted by Gasteiger charge is -2.37. The topological polar surface area (TPSA) is 87.3 Å². The van der Waals surface area contributed by atoms with Gasteiger partial charge in [-0.3, -0.25) is 9.78 Å². The number of nitrogens with one attached hydrogen (secondary N) is 2. The van der Waals surface area contributed by atoms with E-state index in [1.807, 2.05) is 58.9 Å². The van der Waals surface area contributed by atoms with Crippen LogP contribution in [0.2, 0.25) is 0 Å². The van der Waals surface area contributed by atoms with E-state index in [4.69, 9.17) is 9.72 Å². The number of piperidine rings is 1. The third-order valence-corrected chi connectivity index (χ3v) is 6.77. The average Bonchev–Trinajstić information content (AvgIpc) is 2.78. The molecule has 4 rings (SSSR count). The van der Waals surface area contributed by atoms with Gasteiger partial charge < -0.3 is 15.0 Å². The zero-order valence-electron chi connectivity index (χ0n) is 22.5. The van der Waals surface area contributed by atoms with Crippen LogP contribution in [0.5, 0.6) is 0 Å². The number of carbonyl (C=O) groups excluding carboxylic acids is 1. The molecule has 0 saturated carbocycles. The van der Waals surface area contributed by atoms with Crippen LogP contribution in [-0.4, -0.2) is 34.6 Å². The van der Waals surface area contributed by atoms with E-state index in [0.29, 0.717) is 33.5 Å². The van der Waals surface area contributed by atoms with Crippen LogP contribution >= 0.6 is 0 Å². The van der Waals surface area contributed by atoms with E-state index in [9.17, 15) is 9.59 Å². The fourth-order valence-corrected chi connectivity index (χ4v) is 4.64. The molecule has 0 bridgehead atoms. The molecule has 1 saturated heterocycles. The van der Waals surface area contributed by atoms with E-state index < -0.39 is 5.60 Å². The Morgan fingerprint density at radius 1 is 1.17 bits per heavy atom. The molecule has 7 nitrogen and oxygen atoms in total. The Morgan fingerprint density at radius 2 is 1.83 bits per heavy atom. The molecule has 0 spiro atoms. The number of aryl methyl sites for hydroxylation is 1. The summed E-state index contributed by atoms with van der Waals surface area (Å²) < 4.78 is 5.61. The monoisotopic (exact) mass is 490 g/mol. The summed E-state index contributed by atoms with van der Waals surface area (Å²) in [6, 6.07) is 11.1. The van der Waals surface area contributed by atoms with Crippen LogP contribution in [0.4, 0.5) is 11.6 Å². The van der Waals surface area contributed by atoms with Crippen LogP contribution in [0.1, 0.15) is 81.9 Å². The maximum absolute atomic E-state index is 13.1. The third-order valence-electron chi connectivity index (χ3n) is 6.77. The zero-order valence-corrected chi connectivity index (χ0v) is 22.5. The summed E-state index contributed by atoms with van der Waals surface area (Å²) in [5.41, 5.74) is 3.30. The van der Waals surface area contributed by atoms with Crippen LogP contribution in [0, 0.1) is 12.3 Å². The van der Waals surface area contributed by atoms with Crippen LogP contribution in [0.25, 0.3) is 10.9 Å². The largest absolute Gasteiger partial charge is 0.456 e. The molecular formula is C29H38N4O3. The van der Waals surface area contributed by atoms with Crippen LogP contribution in [0.15, 0.2) is 41.2 Å². The fraction of sp³-hybridized carbons (Fsp3) is 0.483. The van der Waals surface area contributed by atoms with E-state index in [1.54, 1.807) is 6.07 Å². The Morgan fingerprint density at radius 3 is 2.50 bits per heavy atom. The number of nitrogens with zero attached hydrogens (tertiary/aromatic N) is 2. The smallest absolute Gasteiger partial charge is 0.340 e. The predicted octanol–water partition coefficient (Wildman–Crippen LogP) is 5.99. The molecule has 3 aromatic rings. The van der Waals surface area contributed by atoms with E-state index in [-0.39, 0.29) is 17.6 Å². The first-order valence-corrected chi connectivity index (χ1v) is 12.7. The van der Waals surface area contributed by atoms with Crippen molar-refractivity contribution in [2.24, 2.45) is 5.41 Å². The number of fused-ring (bicyclic) bond motifs is 1. The Bertz CT molecular complexity index is 1330. The molecule has 36 heavy (non-hydrogen) atoms. The molecule has 1 aromatic heterocycles. The molecule has 2 N–H and O–H groups in total. The Balaban J connectivity index is 1.70. The van der Waals surface area contributed by atoms with Crippen LogP contribution < -0.4 is 15.8 Å². The highest BCUT2D eigenvalue weighted by molar-refractivity contribution is 5.96. The number of aromatic nitrogens is 2. The molecule has 1 atom stereocenters. The number of hydrogen-bond acceptors (Lipinski definition) is 6. The molecular weight excluding hydrogens is 452 g/mol. The van der Waals surface area contributed by atoms with Crippen molar-refractivity contribution in [3.63, 3.8) is 0 Å². The van der Waals surface area contributed by atoms with Gasteiger partial charge in [-0.1, -0.05) is 32.0 Å². The maximum Gasteiger partial charge on any atom is 0.340 e. The number of rotatable bonds is 5. The van der Waals surface area contributed by atoms with Gasteiger partial charge >= 0.3 is 5.97 Å². The van der Waals surface area contributed by atoms with E-state index >= 15 is 0 Å². The van der Waals surface area contributed by atoms with Gasteiger partial charge in [-0.05, 0) is 76.6 Å². The Hall–Kier alpha value is -3.35. The molecule has 1 unspecified atom stereocenters. The normalized spacial score (nSPS) is 16.6. The van der Waals surface area contributed by atoms with Gasteiger partial charge in [0, 0.05) is 24.3 Å². The molecule has 1 aliphatic rings. The highest BCUT2D eigenvalue weighted by atomic mass is 16.6. The lowest BCUT2D eigenvalue weighted by atomic mass is 9.83. The summed E-state index contributed by atoms with van der Waals surface area (Å²) in [4.78, 5) is 36.1. The molecule has 0 radical (unpaired) electrons. The Kier molecular flexibility index (Phi) is 6.86. The van der Waals surface area contributed by atoms with Crippen molar-refractivity contribution in [2.75, 3.05) is 23.3 Å². The van der Waals surface area contributed by atoms with Crippen LogP contribution in [0.3, 0.4) is 0 Å². The van der Waals surface area contributed by atoms with Crippen molar-refractivity contribution in [1.29, 1.82) is 0 Å². The van der Waals surface area contributed by atoms with Gasteiger partial charge in [0.15, 0.2) is 0 Å². The van der Waals surface area contributed by atoms with Crippen molar-refractivity contribution in [1.82, 2.24) is 9.97 Å². The van der Waals surface area contributed by atoms with Crippen molar-refractivity contribution in [3.05, 3.63) is 63.4 Å². The van der Waals surface area contributed by atoms with Gasteiger partial charge in [-0.25, -0.2) is 9.78 Å². The minimum atomic E-state index is -0.590. The first-order chi connectivity index (χ1) is 16.8. The second-order valence-electron chi connectivity index (χ2n) is 11.7. The van der Waals surface area contributed by atoms with E-state index in [2.05, 4.69) is 35.1 Å². The number of carbonyl (C=O) groups is 1.